The lowest BCUT2D eigenvalue weighted by Crippen LogP contribution is -2.21. The molecule has 0 unspecified atom stereocenters. The largest absolute Gasteiger partial charge is 0.480 e. The van der Waals surface area contributed by atoms with E-state index in [4.69, 9.17) is 5.11 Å². The van der Waals surface area contributed by atoms with Crippen LogP contribution in [0.1, 0.15) is 17.5 Å². The molecule has 2 amide bonds. The number of imidazole rings is 1. The molecule has 0 fully saturated rings. The highest BCUT2D eigenvalue weighted by atomic mass is 32.1. The number of carboxylic acid groups (broad SMARTS) is 1. The van der Waals surface area contributed by atoms with E-state index in [0.717, 1.165) is 20.7 Å². The van der Waals surface area contributed by atoms with Crippen LogP contribution < -0.4 is 10.6 Å². The second-order valence-electron chi connectivity index (χ2n) is 9.07. The van der Waals surface area contributed by atoms with E-state index in [1.807, 2.05) is 18.2 Å². The number of hydrogen-bond acceptors (Lipinski definition) is 6. The minimum absolute atomic E-state index is 0.168. The molecule has 0 bridgehead atoms. The molecule has 5 rings (SSSR count). The summed E-state index contributed by atoms with van der Waals surface area (Å²) in [5.74, 6) is -2.40. The van der Waals surface area contributed by atoms with Gasteiger partial charge in [-0.25, -0.2) is 9.37 Å². The molecule has 0 aliphatic carbocycles. The normalized spacial score (nSPS) is 10.9. The number of halogens is 1. The van der Waals surface area contributed by atoms with E-state index in [-0.39, 0.29) is 18.7 Å². The minimum atomic E-state index is -0.946. The first-order chi connectivity index (χ1) is 19.3. The van der Waals surface area contributed by atoms with Gasteiger partial charge in [0.05, 0.1) is 27.1 Å². The fourth-order valence-corrected chi connectivity index (χ4v) is 5.34. The Labute approximate surface area is 232 Å². The van der Waals surface area contributed by atoms with Crippen molar-refractivity contribution in [2.75, 3.05) is 10.6 Å². The van der Waals surface area contributed by atoms with Crippen molar-refractivity contribution in [3.63, 3.8) is 0 Å². The zero-order chi connectivity index (χ0) is 28.1. The van der Waals surface area contributed by atoms with Crippen LogP contribution >= 0.6 is 11.3 Å². The van der Waals surface area contributed by atoms with Crippen LogP contribution in [0.2, 0.25) is 0 Å². The summed E-state index contributed by atoms with van der Waals surface area (Å²) in [5, 5.41) is 14.2. The summed E-state index contributed by atoms with van der Waals surface area (Å²) in [6.07, 6.45) is 5.48. The molecule has 11 heteroatoms. The number of carboxylic acids is 1. The maximum Gasteiger partial charge on any atom is 0.323 e. The molecule has 202 valence electrons. The lowest BCUT2D eigenvalue weighted by atomic mass is 10.0. The van der Waals surface area contributed by atoms with E-state index in [1.165, 1.54) is 28.3 Å². The summed E-state index contributed by atoms with van der Waals surface area (Å²) in [6.45, 7) is -0.168. The van der Waals surface area contributed by atoms with Gasteiger partial charge in [0, 0.05) is 23.8 Å². The van der Waals surface area contributed by atoms with Crippen molar-refractivity contribution in [3.05, 3.63) is 96.3 Å². The fourth-order valence-electron chi connectivity index (χ4n) is 4.22. The van der Waals surface area contributed by atoms with Crippen molar-refractivity contribution in [2.24, 2.45) is 0 Å². The quantitative estimate of drug-likeness (QED) is 0.204. The van der Waals surface area contributed by atoms with Gasteiger partial charge >= 0.3 is 5.97 Å². The van der Waals surface area contributed by atoms with Gasteiger partial charge in [-0.05, 0) is 60.4 Å². The average molecular weight is 558 g/mol. The molecule has 3 N–H and O–H groups in total. The molecule has 3 aromatic heterocycles. The number of benzene rings is 2. The Balaban J connectivity index is 1.21. The molecule has 0 aliphatic rings. The highest BCUT2D eigenvalue weighted by Gasteiger charge is 2.14. The summed E-state index contributed by atoms with van der Waals surface area (Å²) in [4.78, 5) is 44.9. The molecule has 2 aromatic carbocycles. The highest BCUT2D eigenvalue weighted by molar-refractivity contribution is 7.22. The first kappa shape index (κ1) is 26.7. The van der Waals surface area contributed by atoms with Crippen LogP contribution in [0.25, 0.3) is 20.8 Å². The summed E-state index contributed by atoms with van der Waals surface area (Å²) in [5.41, 5.74) is 3.82. The van der Waals surface area contributed by atoms with Crippen LogP contribution in [-0.2, 0) is 33.8 Å². The zero-order valence-corrected chi connectivity index (χ0v) is 22.0. The third-order valence-corrected chi connectivity index (χ3v) is 7.30. The van der Waals surface area contributed by atoms with E-state index in [2.05, 4.69) is 20.6 Å². The van der Waals surface area contributed by atoms with Crippen molar-refractivity contribution in [1.82, 2.24) is 14.5 Å². The number of nitrogens with zero attached hydrogens (tertiary/aromatic N) is 3. The molecular formula is C29H24FN5O4S. The Morgan fingerprint density at radius 2 is 1.65 bits per heavy atom. The van der Waals surface area contributed by atoms with Crippen molar-refractivity contribution >= 4 is 50.7 Å². The number of thiophene rings is 1. The summed E-state index contributed by atoms with van der Waals surface area (Å²) >= 11 is 1.50. The number of hydrogen-bond donors (Lipinski definition) is 3. The third kappa shape index (κ3) is 6.56. The summed E-state index contributed by atoms with van der Waals surface area (Å²) < 4.78 is 17.4. The van der Waals surface area contributed by atoms with Crippen LogP contribution in [0.15, 0.2) is 79.4 Å². The number of fused-ring (bicyclic) bond motifs is 1. The Morgan fingerprint density at radius 1 is 0.900 bits per heavy atom. The van der Waals surface area contributed by atoms with Gasteiger partial charge in [-0.15, -0.1) is 11.3 Å². The van der Waals surface area contributed by atoms with Gasteiger partial charge < -0.3 is 20.3 Å². The lowest BCUT2D eigenvalue weighted by Gasteiger charge is -2.09. The third-order valence-electron chi connectivity index (χ3n) is 6.08. The second kappa shape index (κ2) is 11.9. The molecule has 9 nitrogen and oxygen atoms in total. The van der Waals surface area contributed by atoms with Crippen molar-refractivity contribution in [1.29, 1.82) is 0 Å². The Hall–Kier alpha value is -4.90. The van der Waals surface area contributed by atoms with Crippen LogP contribution in [-0.4, -0.2) is 37.4 Å². The van der Waals surface area contributed by atoms with Crippen LogP contribution in [0.3, 0.4) is 0 Å². The van der Waals surface area contributed by atoms with Gasteiger partial charge in [0.1, 0.15) is 18.8 Å². The number of carbonyl (C=O) groups is 3. The first-order valence-corrected chi connectivity index (χ1v) is 13.2. The molecule has 5 aromatic rings. The topological polar surface area (TPSA) is 126 Å². The predicted octanol–water partition coefficient (Wildman–Crippen LogP) is 5.14. The molecule has 0 spiro atoms. The van der Waals surface area contributed by atoms with E-state index in [0.29, 0.717) is 29.8 Å². The summed E-state index contributed by atoms with van der Waals surface area (Å²) in [6, 6.07) is 17.1. The van der Waals surface area contributed by atoms with Gasteiger partial charge in [-0.3, -0.25) is 19.4 Å². The first-order valence-electron chi connectivity index (χ1n) is 12.4. The Morgan fingerprint density at radius 3 is 2.40 bits per heavy atom. The molecule has 0 saturated carbocycles. The number of para-hydroxylation sites is 1. The van der Waals surface area contributed by atoms with Gasteiger partial charge in [-0.2, -0.15) is 0 Å². The van der Waals surface area contributed by atoms with Gasteiger partial charge in [0.2, 0.25) is 11.8 Å². The van der Waals surface area contributed by atoms with Crippen LogP contribution in [0.4, 0.5) is 15.8 Å². The SMILES string of the molecule is O=C(O)Cn1cnc(-c2cc3nccc(CCc4ccc(NC(=O)CC(=O)Nc5ccccc5)cc4F)c3s2)c1. The fraction of sp³-hybridized carbons (Fsp3) is 0.138. The van der Waals surface area contributed by atoms with Gasteiger partial charge in [0.15, 0.2) is 0 Å². The maximum atomic E-state index is 14.9. The van der Waals surface area contributed by atoms with Crippen molar-refractivity contribution in [3.8, 4) is 10.6 Å². The number of amides is 2. The predicted molar refractivity (Wildman–Crippen MR) is 151 cm³/mol. The van der Waals surface area contributed by atoms with E-state index in [9.17, 15) is 18.8 Å². The van der Waals surface area contributed by atoms with Crippen LogP contribution in [0.5, 0.6) is 0 Å². The summed E-state index contributed by atoms with van der Waals surface area (Å²) in [7, 11) is 0. The van der Waals surface area contributed by atoms with Crippen molar-refractivity contribution in [2.45, 2.75) is 25.8 Å². The minimum Gasteiger partial charge on any atom is -0.480 e. The zero-order valence-electron chi connectivity index (χ0n) is 21.1. The smallest absolute Gasteiger partial charge is 0.323 e. The van der Waals surface area contributed by atoms with Crippen molar-refractivity contribution < 1.29 is 23.9 Å². The standard InChI is InChI=1S/C29H24FN5O4S/c30-22-12-21(34-27(37)14-26(36)33-20-4-2-1-3-5-20)9-8-18(22)6-7-19-10-11-31-23-13-25(40-29(19)23)24-15-35(17-32-24)16-28(38)39/h1-5,8-13,15,17H,6-7,14,16H2,(H,33,36)(H,34,37)(H,38,39). The number of anilines is 2. The van der Waals surface area contributed by atoms with Crippen LogP contribution in [0, 0.1) is 5.82 Å². The number of aromatic nitrogens is 3. The van der Waals surface area contributed by atoms with Gasteiger partial charge in [0.25, 0.3) is 0 Å². The number of aryl methyl sites for hydroxylation is 2. The second-order valence-corrected chi connectivity index (χ2v) is 10.1. The molecule has 0 atom stereocenters. The Bertz CT molecular complexity index is 1700. The molecule has 0 radical (unpaired) electrons. The number of aliphatic carboxylic acids is 1. The van der Waals surface area contributed by atoms with E-state index >= 15 is 0 Å². The van der Waals surface area contributed by atoms with E-state index in [1.54, 1.807) is 48.8 Å². The molecule has 0 saturated heterocycles. The molecule has 40 heavy (non-hydrogen) atoms. The average Bonchev–Trinajstić information content (AvgIpc) is 3.55. The lowest BCUT2D eigenvalue weighted by molar-refractivity contribution is -0.137. The molecule has 3 heterocycles. The van der Waals surface area contributed by atoms with Gasteiger partial charge in [-0.1, -0.05) is 24.3 Å². The molecular weight excluding hydrogens is 533 g/mol. The maximum absolute atomic E-state index is 14.9. The number of rotatable bonds is 10. The van der Waals surface area contributed by atoms with E-state index < -0.39 is 23.6 Å². The number of carbonyl (C=O) groups excluding carboxylic acids is 2. The Kier molecular flexibility index (Phi) is 7.92. The monoisotopic (exact) mass is 557 g/mol. The number of pyridine rings is 1. The molecule has 0 aliphatic heterocycles. The number of nitrogens with one attached hydrogen (secondary N) is 2. The highest BCUT2D eigenvalue weighted by Crippen LogP contribution is 2.34.